The van der Waals surface area contributed by atoms with Crippen molar-refractivity contribution in [3.8, 4) is 5.75 Å². The van der Waals surface area contributed by atoms with Gasteiger partial charge in [-0.2, -0.15) is 8.42 Å². The fraction of sp³-hybridized carbons (Fsp3) is 0.143. The lowest BCUT2D eigenvalue weighted by Gasteiger charge is -2.02. The highest BCUT2D eigenvalue weighted by molar-refractivity contribution is 14.1. The number of rotatable bonds is 2. The van der Waals surface area contributed by atoms with Crippen LogP contribution < -0.4 is 4.74 Å². The van der Waals surface area contributed by atoms with Crippen molar-refractivity contribution in [1.82, 2.24) is 0 Å². The minimum absolute atomic E-state index is 0.316. The van der Waals surface area contributed by atoms with Crippen LogP contribution in [-0.4, -0.2) is 15.5 Å². The zero-order chi connectivity index (χ0) is 10.1. The molecule has 0 spiro atoms. The van der Waals surface area contributed by atoms with Crippen molar-refractivity contribution in [1.29, 1.82) is 0 Å². The summed E-state index contributed by atoms with van der Waals surface area (Å²) >= 11 is 1.74. The van der Waals surface area contributed by atoms with Crippen LogP contribution in [0.25, 0.3) is 0 Å². The number of halogens is 2. The molecular formula is C7H6FIO3S. The van der Waals surface area contributed by atoms with E-state index < -0.39 is 10.2 Å². The normalized spacial score (nSPS) is 11.3. The van der Waals surface area contributed by atoms with Crippen LogP contribution in [0.4, 0.5) is 3.89 Å². The third-order valence-corrected chi connectivity index (χ3v) is 3.57. The molecule has 0 radical (unpaired) electrons. The van der Waals surface area contributed by atoms with Crippen molar-refractivity contribution in [2.45, 2.75) is 4.90 Å². The van der Waals surface area contributed by atoms with Gasteiger partial charge in [-0.25, -0.2) is 0 Å². The van der Waals surface area contributed by atoms with Gasteiger partial charge in [0.05, 0.1) is 7.11 Å². The van der Waals surface area contributed by atoms with Gasteiger partial charge >= 0.3 is 10.2 Å². The Morgan fingerprint density at radius 1 is 1.46 bits per heavy atom. The Bertz CT molecular complexity index is 416. The molecule has 0 N–H and O–H groups in total. The second-order valence-corrected chi connectivity index (χ2v) is 4.71. The van der Waals surface area contributed by atoms with Crippen LogP contribution in [0.2, 0.25) is 0 Å². The maximum Gasteiger partial charge on any atom is 0.333 e. The number of hydrogen-bond acceptors (Lipinski definition) is 3. The maximum absolute atomic E-state index is 12.6. The predicted octanol–water partition coefficient (Wildman–Crippen LogP) is 1.96. The van der Waals surface area contributed by atoms with Crippen LogP contribution in [0.5, 0.6) is 5.75 Å². The van der Waals surface area contributed by atoms with Crippen LogP contribution in [0, 0.1) is 3.57 Å². The van der Waals surface area contributed by atoms with E-state index in [1.807, 2.05) is 0 Å². The van der Waals surface area contributed by atoms with Crippen molar-refractivity contribution in [2.24, 2.45) is 0 Å². The van der Waals surface area contributed by atoms with Crippen LogP contribution >= 0.6 is 22.6 Å². The SMILES string of the molecule is COc1ccc(I)c(S(=O)(=O)F)c1. The average molecular weight is 316 g/mol. The molecule has 0 bridgehead atoms. The van der Waals surface area contributed by atoms with Crippen molar-refractivity contribution >= 4 is 32.8 Å². The van der Waals surface area contributed by atoms with E-state index in [0.29, 0.717) is 9.32 Å². The molecule has 0 saturated carbocycles. The van der Waals surface area contributed by atoms with Crippen molar-refractivity contribution in [3.05, 3.63) is 21.8 Å². The monoisotopic (exact) mass is 316 g/mol. The number of methoxy groups -OCH3 is 1. The van der Waals surface area contributed by atoms with Crippen LogP contribution in [0.1, 0.15) is 0 Å². The van der Waals surface area contributed by atoms with E-state index in [-0.39, 0.29) is 4.90 Å². The van der Waals surface area contributed by atoms with E-state index in [1.54, 1.807) is 28.7 Å². The second kappa shape index (κ2) is 3.79. The molecule has 3 nitrogen and oxygen atoms in total. The first kappa shape index (κ1) is 10.7. The van der Waals surface area contributed by atoms with Crippen LogP contribution in [-0.2, 0) is 10.2 Å². The van der Waals surface area contributed by atoms with E-state index in [0.717, 1.165) is 6.07 Å². The fourth-order valence-electron chi connectivity index (χ4n) is 0.798. The molecule has 6 heteroatoms. The standard InChI is InChI=1S/C7H6FIO3S/c1-12-5-2-3-6(9)7(4-5)13(8,10)11/h2-4H,1H3. The van der Waals surface area contributed by atoms with E-state index >= 15 is 0 Å². The van der Waals surface area contributed by atoms with Gasteiger partial charge < -0.3 is 4.74 Å². The number of hydrogen-bond donors (Lipinski definition) is 0. The van der Waals surface area contributed by atoms with Gasteiger partial charge in [-0.1, -0.05) is 0 Å². The summed E-state index contributed by atoms with van der Waals surface area (Å²) in [6.07, 6.45) is 0. The zero-order valence-electron chi connectivity index (χ0n) is 6.62. The molecule has 0 amide bonds. The first-order chi connectivity index (χ1) is 5.95. The highest BCUT2D eigenvalue weighted by Gasteiger charge is 2.16. The number of benzene rings is 1. The maximum atomic E-state index is 12.6. The van der Waals surface area contributed by atoms with Crippen LogP contribution in [0.15, 0.2) is 23.1 Å². The van der Waals surface area contributed by atoms with Crippen molar-refractivity contribution in [3.63, 3.8) is 0 Å². The van der Waals surface area contributed by atoms with Gasteiger partial charge in [0, 0.05) is 9.64 Å². The van der Waals surface area contributed by atoms with Gasteiger partial charge in [0.15, 0.2) is 0 Å². The fourth-order valence-corrected chi connectivity index (χ4v) is 2.48. The van der Waals surface area contributed by atoms with Gasteiger partial charge in [0.1, 0.15) is 10.6 Å². The van der Waals surface area contributed by atoms with E-state index in [2.05, 4.69) is 0 Å². The first-order valence-electron chi connectivity index (χ1n) is 3.23. The smallest absolute Gasteiger partial charge is 0.333 e. The van der Waals surface area contributed by atoms with Crippen molar-refractivity contribution in [2.75, 3.05) is 7.11 Å². The van der Waals surface area contributed by atoms with Crippen molar-refractivity contribution < 1.29 is 17.0 Å². The van der Waals surface area contributed by atoms with Crippen LogP contribution in [0.3, 0.4) is 0 Å². The molecule has 0 aliphatic heterocycles. The first-order valence-corrected chi connectivity index (χ1v) is 5.69. The molecule has 1 aromatic carbocycles. The van der Waals surface area contributed by atoms with Gasteiger partial charge in [0.2, 0.25) is 0 Å². The Balaban J connectivity index is 3.36. The molecule has 72 valence electrons. The minimum atomic E-state index is -4.65. The van der Waals surface area contributed by atoms with E-state index in [4.69, 9.17) is 4.74 Å². The Kier molecular flexibility index (Phi) is 3.12. The highest BCUT2D eigenvalue weighted by atomic mass is 127. The third kappa shape index (κ3) is 2.53. The molecular weight excluding hydrogens is 310 g/mol. The molecule has 0 fully saturated rings. The van der Waals surface area contributed by atoms with E-state index in [9.17, 15) is 12.3 Å². The summed E-state index contributed by atoms with van der Waals surface area (Å²) in [5, 5.41) is 0. The molecule has 1 aromatic rings. The lowest BCUT2D eigenvalue weighted by Crippen LogP contribution is -1.96. The third-order valence-electron chi connectivity index (χ3n) is 1.40. The lowest BCUT2D eigenvalue weighted by molar-refractivity contribution is 0.413. The summed E-state index contributed by atoms with van der Waals surface area (Å²) in [5.74, 6) is 0.316. The quantitative estimate of drug-likeness (QED) is 0.619. The molecule has 0 unspecified atom stereocenters. The molecule has 13 heavy (non-hydrogen) atoms. The molecule has 0 saturated heterocycles. The van der Waals surface area contributed by atoms with Gasteiger partial charge in [-0.15, -0.1) is 3.89 Å². The van der Waals surface area contributed by atoms with Gasteiger partial charge in [-0.05, 0) is 34.7 Å². The van der Waals surface area contributed by atoms with Gasteiger partial charge in [0.25, 0.3) is 0 Å². The largest absolute Gasteiger partial charge is 0.497 e. The zero-order valence-corrected chi connectivity index (χ0v) is 9.59. The molecule has 0 aliphatic rings. The average Bonchev–Trinajstić information content (AvgIpc) is 2.03. The highest BCUT2D eigenvalue weighted by Crippen LogP contribution is 2.24. The molecule has 0 heterocycles. The molecule has 1 rings (SSSR count). The summed E-state index contributed by atoms with van der Waals surface area (Å²) in [7, 11) is -3.27. The summed E-state index contributed by atoms with van der Waals surface area (Å²) in [5.41, 5.74) is 0. The molecule has 0 aromatic heterocycles. The Labute approximate surface area is 89.3 Å². The lowest BCUT2D eigenvalue weighted by atomic mass is 10.3. The Morgan fingerprint density at radius 3 is 2.54 bits per heavy atom. The summed E-state index contributed by atoms with van der Waals surface area (Å²) in [6, 6.07) is 4.19. The summed E-state index contributed by atoms with van der Waals surface area (Å²) < 4.78 is 38.9. The number of ether oxygens (including phenoxy) is 1. The Hall–Kier alpha value is -0.370. The van der Waals surface area contributed by atoms with Gasteiger partial charge in [-0.3, -0.25) is 0 Å². The summed E-state index contributed by atoms with van der Waals surface area (Å²) in [6.45, 7) is 0. The minimum Gasteiger partial charge on any atom is -0.497 e. The molecule has 0 atom stereocenters. The Morgan fingerprint density at radius 2 is 2.08 bits per heavy atom. The second-order valence-electron chi connectivity index (χ2n) is 2.23. The van der Waals surface area contributed by atoms with E-state index in [1.165, 1.54) is 13.2 Å². The topological polar surface area (TPSA) is 43.4 Å². The molecule has 0 aliphatic carbocycles. The predicted molar refractivity (Wildman–Crippen MR) is 54.0 cm³/mol. The summed E-state index contributed by atoms with van der Waals surface area (Å²) in [4.78, 5) is -0.354.